The summed E-state index contributed by atoms with van der Waals surface area (Å²) >= 11 is 1.46. The Hall–Kier alpha value is -2.87. The number of alkyl carbamates (subject to hydrolysis) is 1. The molecule has 0 bridgehead atoms. The summed E-state index contributed by atoms with van der Waals surface area (Å²) in [4.78, 5) is 40.7. The zero-order valence-electron chi connectivity index (χ0n) is 22.1. The first-order valence-electron chi connectivity index (χ1n) is 13.4. The Kier molecular flexibility index (Phi) is 8.90. The van der Waals surface area contributed by atoms with Gasteiger partial charge in [-0.3, -0.25) is 4.79 Å². The summed E-state index contributed by atoms with van der Waals surface area (Å²) in [5, 5.41) is 6.37. The third kappa shape index (κ3) is 7.34. The average Bonchev–Trinajstić information content (AvgIpc) is 3.23. The zero-order valence-corrected chi connectivity index (χ0v) is 22.9. The number of hydrogen-bond donors (Lipinski definition) is 2. The van der Waals surface area contributed by atoms with Crippen LogP contribution in [0.4, 0.5) is 9.80 Å². The molecule has 8 heteroatoms. The fourth-order valence-corrected chi connectivity index (χ4v) is 6.43. The summed E-state index contributed by atoms with van der Waals surface area (Å²) in [7, 11) is 0. The Labute approximate surface area is 223 Å². The van der Waals surface area contributed by atoms with Gasteiger partial charge in [0.25, 0.3) is 0 Å². The molecule has 0 spiro atoms. The Balaban J connectivity index is 1.55. The van der Waals surface area contributed by atoms with Crippen LogP contribution < -0.4 is 10.6 Å². The number of esters is 1. The van der Waals surface area contributed by atoms with E-state index in [1.165, 1.54) is 11.3 Å². The van der Waals surface area contributed by atoms with Crippen molar-refractivity contribution in [3.05, 3.63) is 51.9 Å². The van der Waals surface area contributed by atoms with E-state index >= 15 is 0 Å². The number of aryl methyl sites for hydroxylation is 1. The van der Waals surface area contributed by atoms with Gasteiger partial charge in [-0.1, -0.05) is 49.6 Å². The molecule has 0 radical (unpaired) electrons. The summed E-state index contributed by atoms with van der Waals surface area (Å²) in [6.45, 7) is 5.56. The third-order valence-electron chi connectivity index (χ3n) is 6.90. The molecule has 1 heterocycles. The molecule has 7 nitrogen and oxygen atoms in total. The van der Waals surface area contributed by atoms with Crippen LogP contribution in [0.25, 0.3) is 0 Å². The van der Waals surface area contributed by atoms with Crippen LogP contribution in [-0.4, -0.2) is 29.6 Å². The van der Waals surface area contributed by atoms with Crippen LogP contribution >= 0.6 is 11.3 Å². The van der Waals surface area contributed by atoms with E-state index in [9.17, 15) is 14.4 Å². The topological polar surface area (TPSA) is 93.7 Å². The van der Waals surface area contributed by atoms with Crippen molar-refractivity contribution >= 4 is 34.3 Å². The van der Waals surface area contributed by atoms with Crippen LogP contribution in [-0.2, 0) is 33.7 Å². The molecule has 2 aliphatic rings. The molecule has 1 atom stereocenters. The maximum Gasteiger partial charge on any atom is 0.408 e. The lowest BCUT2D eigenvalue weighted by atomic mass is 9.83. The molecule has 1 unspecified atom stereocenters. The number of amides is 2. The first-order valence-corrected chi connectivity index (χ1v) is 14.2. The van der Waals surface area contributed by atoms with Crippen molar-refractivity contribution in [2.24, 2.45) is 5.92 Å². The summed E-state index contributed by atoms with van der Waals surface area (Å²) in [5.74, 6) is -0.717. The maximum absolute atomic E-state index is 13.7. The molecule has 2 aromatic rings. The maximum atomic E-state index is 13.7. The Morgan fingerprint density at radius 2 is 1.70 bits per heavy atom. The fraction of sp³-hybridized carbons (Fsp3) is 0.552. The van der Waals surface area contributed by atoms with Crippen molar-refractivity contribution in [3.8, 4) is 0 Å². The second kappa shape index (κ2) is 12.1. The number of nitrogens with one attached hydrogen (secondary N) is 2. The smallest absolute Gasteiger partial charge is 0.408 e. The Morgan fingerprint density at radius 1 is 1.00 bits per heavy atom. The molecule has 2 amide bonds. The molecule has 37 heavy (non-hydrogen) atoms. The van der Waals surface area contributed by atoms with Crippen LogP contribution in [0.1, 0.15) is 92.1 Å². The van der Waals surface area contributed by atoms with E-state index in [4.69, 9.17) is 9.47 Å². The van der Waals surface area contributed by atoms with Crippen LogP contribution in [0.15, 0.2) is 30.3 Å². The Morgan fingerprint density at radius 3 is 2.41 bits per heavy atom. The van der Waals surface area contributed by atoms with E-state index in [2.05, 4.69) is 10.6 Å². The predicted octanol–water partition coefficient (Wildman–Crippen LogP) is 6.40. The number of fused-ring (bicyclic) bond motifs is 1. The second-order valence-corrected chi connectivity index (χ2v) is 12.1. The minimum absolute atomic E-state index is 0.0179. The molecule has 1 aromatic carbocycles. The minimum atomic E-state index is -0.734. The van der Waals surface area contributed by atoms with Crippen molar-refractivity contribution in [1.82, 2.24) is 5.32 Å². The quantitative estimate of drug-likeness (QED) is 0.408. The first kappa shape index (κ1) is 27.2. The highest BCUT2D eigenvalue weighted by Crippen LogP contribution is 2.39. The first-order chi connectivity index (χ1) is 17.7. The molecule has 2 aliphatic carbocycles. The summed E-state index contributed by atoms with van der Waals surface area (Å²) in [5.41, 5.74) is 1.69. The molecule has 1 aromatic heterocycles. The van der Waals surface area contributed by atoms with E-state index in [1.54, 1.807) is 20.8 Å². The molecule has 0 aliphatic heterocycles. The molecule has 0 saturated heterocycles. The molecule has 200 valence electrons. The number of carbonyl (C=O) groups is 3. The van der Waals surface area contributed by atoms with Gasteiger partial charge in [-0.25, -0.2) is 9.59 Å². The van der Waals surface area contributed by atoms with E-state index in [1.807, 2.05) is 30.3 Å². The molecular formula is C29H38N2O5S. The van der Waals surface area contributed by atoms with Gasteiger partial charge in [0, 0.05) is 4.88 Å². The highest BCUT2D eigenvalue weighted by Gasteiger charge is 2.35. The third-order valence-corrected chi connectivity index (χ3v) is 8.11. The van der Waals surface area contributed by atoms with Crippen molar-refractivity contribution in [3.63, 3.8) is 0 Å². The number of rotatable bonds is 7. The van der Waals surface area contributed by atoms with Gasteiger partial charge in [0.1, 0.15) is 23.3 Å². The van der Waals surface area contributed by atoms with Crippen molar-refractivity contribution in [1.29, 1.82) is 0 Å². The summed E-state index contributed by atoms with van der Waals surface area (Å²) in [6.07, 6.45) is 8.03. The van der Waals surface area contributed by atoms with E-state index < -0.39 is 23.7 Å². The molecular weight excluding hydrogens is 488 g/mol. The summed E-state index contributed by atoms with van der Waals surface area (Å²) < 4.78 is 11.1. The van der Waals surface area contributed by atoms with Gasteiger partial charge in [-0.05, 0) is 76.3 Å². The lowest BCUT2D eigenvalue weighted by molar-refractivity contribution is -0.119. The van der Waals surface area contributed by atoms with Gasteiger partial charge < -0.3 is 20.1 Å². The number of anilines is 1. The lowest BCUT2D eigenvalue weighted by Crippen LogP contribution is -2.50. The highest BCUT2D eigenvalue weighted by atomic mass is 32.1. The molecule has 2 N–H and O–H groups in total. The number of thiophene rings is 1. The van der Waals surface area contributed by atoms with Gasteiger partial charge >= 0.3 is 12.1 Å². The normalized spacial score (nSPS) is 16.8. The largest absolute Gasteiger partial charge is 0.457 e. The van der Waals surface area contributed by atoms with Crippen molar-refractivity contribution in [2.75, 3.05) is 5.32 Å². The number of hydrogen-bond acceptors (Lipinski definition) is 6. The van der Waals surface area contributed by atoms with Crippen LogP contribution in [0.5, 0.6) is 0 Å². The van der Waals surface area contributed by atoms with E-state index in [0.717, 1.165) is 73.8 Å². The zero-order chi connectivity index (χ0) is 26.4. The number of benzene rings is 1. The molecule has 1 fully saturated rings. The van der Waals surface area contributed by atoms with Crippen molar-refractivity contribution in [2.45, 2.75) is 96.8 Å². The second-order valence-electron chi connectivity index (χ2n) is 11.0. The van der Waals surface area contributed by atoms with Crippen molar-refractivity contribution < 1.29 is 23.9 Å². The van der Waals surface area contributed by atoms with E-state index in [0.29, 0.717) is 10.6 Å². The van der Waals surface area contributed by atoms with Crippen LogP contribution in [0, 0.1) is 5.92 Å². The van der Waals surface area contributed by atoms with Crippen LogP contribution in [0.2, 0.25) is 0 Å². The highest BCUT2D eigenvalue weighted by molar-refractivity contribution is 7.17. The van der Waals surface area contributed by atoms with Gasteiger partial charge in [0.15, 0.2) is 0 Å². The van der Waals surface area contributed by atoms with Crippen LogP contribution in [0.3, 0.4) is 0 Å². The molecule has 4 rings (SSSR count). The molecule has 1 saturated carbocycles. The minimum Gasteiger partial charge on any atom is -0.457 e. The lowest BCUT2D eigenvalue weighted by Gasteiger charge is -2.31. The number of ether oxygens (including phenoxy) is 2. The standard InChI is InChI=1S/C29H38N2O5S/c1-29(2,3)36-28(34)30-24(20-14-8-5-9-15-20)25(32)31-26-23(21-16-10-11-17-22(21)37-26)27(33)35-18-19-12-6-4-7-13-19/h4,6-7,12-13,20,24H,5,8-11,14-18H2,1-3H3,(H,30,34)(H,31,32). The predicted molar refractivity (Wildman–Crippen MR) is 145 cm³/mol. The van der Waals surface area contributed by atoms with Gasteiger partial charge in [0.05, 0.1) is 5.56 Å². The monoisotopic (exact) mass is 526 g/mol. The van der Waals surface area contributed by atoms with Gasteiger partial charge in [0.2, 0.25) is 5.91 Å². The van der Waals surface area contributed by atoms with E-state index in [-0.39, 0.29) is 18.4 Å². The summed E-state index contributed by atoms with van der Waals surface area (Å²) in [6, 6.07) is 8.82. The SMILES string of the molecule is CC(C)(C)OC(=O)NC(C(=O)Nc1sc2c(c1C(=O)OCc1ccccc1)CCCC2)C1CCCCC1. The van der Waals surface area contributed by atoms with Gasteiger partial charge in [-0.15, -0.1) is 11.3 Å². The average molecular weight is 527 g/mol. The number of carbonyl (C=O) groups excluding carboxylic acids is 3. The fourth-order valence-electron chi connectivity index (χ4n) is 5.15. The van der Waals surface area contributed by atoms with Gasteiger partial charge in [-0.2, -0.15) is 0 Å². The Bertz CT molecular complexity index is 1100.